The highest BCUT2D eigenvalue weighted by molar-refractivity contribution is 5.24. The summed E-state index contributed by atoms with van der Waals surface area (Å²) in [7, 11) is 0. The molecular formula is C13H17FN6. The average molecular weight is 276 g/mol. The Kier molecular flexibility index (Phi) is 3.98. The average Bonchev–Trinajstić information content (AvgIpc) is 2.98. The van der Waals surface area contributed by atoms with Gasteiger partial charge in [0.25, 0.3) is 0 Å². The van der Waals surface area contributed by atoms with Gasteiger partial charge in [0.05, 0.1) is 6.04 Å². The van der Waals surface area contributed by atoms with Crippen LogP contribution in [0.15, 0.2) is 30.3 Å². The van der Waals surface area contributed by atoms with Crippen LogP contribution in [0.4, 0.5) is 4.39 Å². The van der Waals surface area contributed by atoms with Crippen LogP contribution in [0, 0.1) is 0 Å². The summed E-state index contributed by atoms with van der Waals surface area (Å²) in [6, 6.07) is 9.97. The molecule has 0 bridgehead atoms. The fraction of sp³-hybridized carbons (Fsp3) is 0.462. The second kappa shape index (κ2) is 6.06. The van der Waals surface area contributed by atoms with Gasteiger partial charge in [0.15, 0.2) is 5.82 Å². The SMILES string of the molecule is FCn1nnc([C@@H](c2ccccc2)N2CCNCC2)n1. The molecule has 20 heavy (non-hydrogen) atoms. The van der Waals surface area contributed by atoms with E-state index in [9.17, 15) is 4.39 Å². The minimum absolute atomic E-state index is 0.0707. The van der Waals surface area contributed by atoms with Crippen molar-refractivity contribution in [1.82, 2.24) is 30.4 Å². The molecule has 0 amide bonds. The van der Waals surface area contributed by atoms with Crippen LogP contribution in [-0.4, -0.2) is 51.3 Å². The molecule has 1 saturated heterocycles. The molecule has 0 saturated carbocycles. The van der Waals surface area contributed by atoms with Gasteiger partial charge in [-0.1, -0.05) is 30.3 Å². The fourth-order valence-electron chi connectivity index (χ4n) is 2.51. The lowest BCUT2D eigenvalue weighted by Crippen LogP contribution is -2.45. The number of rotatable bonds is 4. The Morgan fingerprint density at radius 2 is 1.95 bits per heavy atom. The van der Waals surface area contributed by atoms with Crippen molar-refractivity contribution in [2.24, 2.45) is 0 Å². The van der Waals surface area contributed by atoms with E-state index >= 15 is 0 Å². The van der Waals surface area contributed by atoms with E-state index in [-0.39, 0.29) is 6.04 Å². The Morgan fingerprint density at radius 1 is 1.20 bits per heavy atom. The molecule has 1 fully saturated rings. The van der Waals surface area contributed by atoms with Gasteiger partial charge in [0.1, 0.15) is 0 Å². The van der Waals surface area contributed by atoms with E-state index in [1.165, 1.54) is 0 Å². The molecule has 2 heterocycles. The van der Waals surface area contributed by atoms with Crippen LogP contribution < -0.4 is 5.32 Å². The Labute approximate surface area is 116 Å². The zero-order valence-corrected chi connectivity index (χ0v) is 11.1. The molecule has 1 aliphatic heterocycles. The Balaban J connectivity index is 1.94. The van der Waals surface area contributed by atoms with Crippen molar-refractivity contribution in [1.29, 1.82) is 0 Å². The van der Waals surface area contributed by atoms with Gasteiger partial charge in [0.2, 0.25) is 6.80 Å². The highest BCUT2D eigenvalue weighted by Crippen LogP contribution is 2.25. The molecule has 1 aromatic heterocycles. The van der Waals surface area contributed by atoms with E-state index in [0.29, 0.717) is 5.82 Å². The summed E-state index contributed by atoms with van der Waals surface area (Å²) in [5.74, 6) is 0.552. The second-order valence-electron chi connectivity index (χ2n) is 4.74. The maximum absolute atomic E-state index is 12.6. The molecule has 1 aliphatic rings. The number of hydrogen-bond acceptors (Lipinski definition) is 5. The summed E-state index contributed by atoms with van der Waals surface area (Å²) in [5, 5.41) is 15.2. The number of piperazine rings is 1. The highest BCUT2D eigenvalue weighted by Gasteiger charge is 2.27. The number of halogens is 1. The number of nitrogens with one attached hydrogen (secondary N) is 1. The molecule has 0 aliphatic carbocycles. The van der Waals surface area contributed by atoms with Crippen LogP contribution in [0.1, 0.15) is 17.4 Å². The summed E-state index contributed by atoms with van der Waals surface area (Å²) < 4.78 is 12.6. The normalized spacial score (nSPS) is 18.1. The van der Waals surface area contributed by atoms with Crippen molar-refractivity contribution < 1.29 is 4.39 Å². The fourth-order valence-corrected chi connectivity index (χ4v) is 2.51. The largest absolute Gasteiger partial charge is 0.314 e. The van der Waals surface area contributed by atoms with Gasteiger partial charge in [0, 0.05) is 26.2 Å². The topological polar surface area (TPSA) is 58.9 Å². The van der Waals surface area contributed by atoms with Crippen molar-refractivity contribution in [2.75, 3.05) is 26.2 Å². The summed E-state index contributed by atoms with van der Waals surface area (Å²) in [5.41, 5.74) is 1.10. The first-order chi connectivity index (χ1) is 9.88. The second-order valence-corrected chi connectivity index (χ2v) is 4.74. The maximum Gasteiger partial charge on any atom is 0.202 e. The minimum Gasteiger partial charge on any atom is -0.314 e. The summed E-state index contributed by atoms with van der Waals surface area (Å²) in [6.07, 6.45) is 0. The standard InChI is InChI=1S/C13H17FN6/c14-10-20-17-13(16-18-20)12(11-4-2-1-3-5-11)19-8-6-15-7-9-19/h1-5,12,15H,6-10H2/t12-/m1/s1. The molecule has 106 valence electrons. The van der Waals surface area contributed by atoms with Crippen molar-refractivity contribution in [3.8, 4) is 0 Å². The number of alkyl halides is 1. The van der Waals surface area contributed by atoms with Crippen molar-refractivity contribution in [2.45, 2.75) is 12.8 Å². The van der Waals surface area contributed by atoms with Gasteiger partial charge in [-0.25, -0.2) is 4.39 Å². The predicted octanol–water partition coefficient (Wildman–Crippen LogP) is 0.595. The van der Waals surface area contributed by atoms with Crippen LogP contribution >= 0.6 is 0 Å². The van der Waals surface area contributed by atoms with Crippen molar-refractivity contribution in [3.05, 3.63) is 41.7 Å². The quantitative estimate of drug-likeness (QED) is 0.886. The first kappa shape index (κ1) is 13.1. The number of benzene rings is 1. The molecule has 7 heteroatoms. The third-order valence-corrected chi connectivity index (χ3v) is 3.45. The number of nitrogens with zero attached hydrogens (tertiary/aromatic N) is 5. The summed E-state index contributed by atoms with van der Waals surface area (Å²) >= 11 is 0. The number of hydrogen-bond donors (Lipinski definition) is 1. The van der Waals surface area contributed by atoms with Gasteiger partial charge in [-0.15, -0.1) is 15.0 Å². The Hall–Kier alpha value is -1.86. The van der Waals surface area contributed by atoms with Crippen LogP contribution in [0.3, 0.4) is 0 Å². The van der Waals surface area contributed by atoms with Crippen molar-refractivity contribution in [3.63, 3.8) is 0 Å². The first-order valence-electron chi connectivity index (χ1n) is 6.72. The van der Waals surface area contributed by atoms with E-state index in [0.717, 1.165) is 36.5 Å². The first-order valence-corrected chi connectivity index (χ1v) is 6.72. The lowest BCUT2D eigenvalue weighted by atomic mass is 10.0. The lowest BCUT2D eigenvalue weighted by molar-refractivity contribution is 0.191. The molecule has 2 aromatic rings. The van der Waals surface area contributed by atoms with Gasteiger partial charge in [-0.05, 0) is 10.8 Å². The molecule has 6 nitrogen and oxygen atoms in total. The predicted molar refractivity (Wildman–Crippen MR) is 71.7 cm³/mol. The zero-order valence-electron chi connectivity index (χ0n) is 11.1. The highest BCUT2D eigenvalue weighted by atomic mass is 19.1. The molecule has 1 N–H and O–H groups in total. The van der Waals surface area contributed by atoms with Gasteiger partial charge < -0.3 is 5.32 Å². The molecule has 0 unspecified atom stereocenters. The minimum atomic E-state index is -0.754. The third kappa shape index (κ3) is 2.68. The van der Waals surface area contributed by atoms with Crippen LogP contribution in [0.25, 0.3) is 0 Å². The van der Waals surface area contributed by atoms with Crippen LogP contribution in [0.5, 0.6) is 0 Å². The van der Waals surface area contributed by atoms with Gasteiger partial charge in [-0.3, -0.25) is 4.90 Å². The molecule has 0 radical (unpaired) electrons. The zero-order chi connectivity index (χ0) is 13.8. The van der Waals surface area contributed by atoms with Crippen LogP contribution in [0.2, 0.25) is 0 Å². The third-order valence-electron chi connectivity index (χ3n) is 3.45. The van der Waals surface area contributed by atoms with E-state index in [2.05, 4.69) is 25.6 Å². The molecule has 0 spiro atoms. The smallest absolute Gasteiger partial charge is 0.202 e. The maximum atomic E-state index is 12.6. The monoisotopic (exact) mass is 276 g/mol. The number of aromatic nitrogens is 4. The van der Waals surface area contributed by atoms with Gasteiger partial charge in [-0.2, -0.15) is 0 Å². The van der Waals surface area contributed by atoms with E-state index in [4.69, 9.17) is 0 Å². The molecule has 1 aromatic carbocycles. The Bertz CT molecular complexity index is 537. The number of tetrazole rings is 1. The van der Waals surface area contributed by atoms with Crippen LogP contribution in [-0.2, 0) is 6.80 Å². The van der Waals surface area contributed by atoms with Crippen molar-refractivity contribution >= 4 is 0 Å². The summed E-state index contributed by atoms with van der Waals surface area (Å²) in [6.45, 7) is 2.92. The van der Waals surface area contributed by atoms with Gasteiger partial charge >= 0.3 is 0 Å². The molecule has 1 atom stereocenters. The lowest BCUT2D eigenvalue weighted by Gasteiger charge is -2.33. The Morgan fingerprint density at radius 3 is 2.60 bits per heavy atom. The summed E-state index contributed by atoms with van der Waals surface area (Å²) in [4.78, 5) is 3.28. The van der Waals surface area contributed by atoms with E-state index in [1.807, 2.05) is 30.3 Å². The molecule has 3 rings (SSSR count). The van der Waals surface area contributed by atoms with E-state index in [1.54, 1.807) is 0 Å². The van der Waals surface area contributed by atoms with E-state index < -0.39 is 6.80 Å². The molecular weight excluding hydrogens is 259 g/mol.